The van der Waals surface area contributed by atoms with Crippen LogP contribution in [-0.2, 0) is 4.74 Å². The van der Waals surface area contributed by atoms with Gasteiger partial charge in [0.1, 0.15) is 5.60 Å². The van der Waals surface area contributed by atoms with Crippen LogP contribution in [0.25, 0.3) is 0 Å². The van der Waals surface area contributed by atoms with Gasteiger partial charge in [-0.25, -0.2) is 4.79 Å². The molecule has 0 heterocycles. The highest BCUT2D eigenvalue weighted by molar-refractivity contribution is 5.68. The Balaban J connectivity index is 2.34. The monoisotopic (exact) mass is 252 g/mol. The second-order valence-corrected chi connectivity index (χ2v) is 6.07. The number of ether oxygens (including phenoxy) is 1. The molecule has 1 aliphatic carbocycles. The first-order valence-electron chi connectivity index (χ1n) is 6.77. The highest BCUT2D eigenvalue weighted by Crippen LogP contribution is 2.27. The number of nitrogens with one attached hydrogen (secondary N) is 1. The Hall–Kier alpha value is -1.24. The highest BCUT2D eigenvalue weighted by atomic mass is 16.6. The minimum atomic E-state index is -0.445. The second-order valence-electron chi connectivity index (χ2n) is 6.07. The lowest BCUT2D eigenvalue weighted by Crippen LogP contribution is -2.41. The summed E-state index contributed by atoms with van der Waals surface area (Å²) in [6, 6.07) is 2.40. The molecule has 0 aromatic heterocycles. The van der Waals surface area contributed by atoms with E-state index >= 15 is 0 Å². The van der Waals surface area contributed by atoms with Crippen molar-refractivity contribution in [3.05, 3.63) is 0 Å². The molecule has 1 saturated carbocycles. The maximum Gasteiger partial charge on any atom is 0.407 e. The molecular formula is C14H24N2O2. The first-order chi connectivity index (χ1) is 8.40. The molecule has 102 valence electrons. The summed E-state index contributed by atoms with van der Waals surface area (Å²) in [6.07, 6.45) is 5.52. The predicted octanol–water partition coefficient (Wildman–Crippen LogP) is 3.37. The fraction of sp³-hybridized carbons (Fsp3) is 0.857. The van der Waals surface area contributed by atoms with Crippen LogP contribution >= 0.6 is 0 Å². The Bertz CT molecular complexity index is 315. The van der Waals surface area contributed by atoms with Crippen molar-refractivity contribution in [2.45, 2.75) is 70.9 Å². The smallest absolute Gasteiger partial charge is 0.407 e. The van der Waals surface area contributed by atoms with E-state index in [0.717, 1.165) is 25.7 Å². The number of rotatable bonds is 3. The number of carbonyl (C=O) groups is 1. The van der Waals surface area contributed by atoms with Crippen LogP contribution in [-0.4, -0.2) is 17.7 Å². The van der Waals surface area contributed by atoms with E-state index in [4.69, 9.17) is 10.00 Å². The van der Waals surface area contributed by atoms with Crippen LogP contribution in [0.5, 0.6) is 0 Å². The lowest BCUT2D eigenvalue weighted by molar-refractivity contribution is 0.0484. The van der Waals surface area contributed by atoms with Crippen molar-refractivity contribution in [1.82, 2.24) is 5.32 Å². The molecule has 0 saturated heterocycles. The molecule has 1 amide bonds. The largest absolute Gasteiger partial charge is 0.444 e. The van der Waals surface area contributed by atoms with Crippen molar-refractivity contribution >= 4 is 6.09 Å². The van der Waals surface area contributed by atoms with Crippen LogP contribution in [0.1, 0.15) is 59.3 Å². The van der Waals surface area contributed by atoms with E-state index in [1.54, 1.807) is 0 Å². The summed E-state index contributed by atoms with van der Waals surface area (Å²) < 4.78 is 5.25. The normalized spacial score (nSPS) is 24.1. The van der Waals surface area contributed by atoms with Gasteiger partial charge in [-0.1, -0.05) is 12.8 Å². The van der Waals surface area contributed by atoms with Gasteiger partial charge in [-0.05, 0) is 46.0 Å². The molecule has 0 radical (unpaired) electrons. The number of nitriles is 1. The molecule has 4 nitrogen and oxygen atoms in total. The molecule has 0 aliphatic heterocycles. The van der Waals surface area contributed by atoms with E-state index in [-0.39, 0.29) is 12.1 Å². The first kappa shape index (κ1) is 14.8. The summed E-state index contributed by atoms with van der Waals surface area (Å²) in [5, 5.41) is 11.5. The van der Waals surface area contributed by atoms with Crippen LogP contribution in [0.15, 0.2) is 0 Å². The maximum atomic E-state index is 11.7. The molecule has 1 aliphatic rings. The average molecular weight is 252 g/mol. The highest BCUT2D eigenvalue weighted by Gasteiger charge is 2.25. The third-order valence-corrected chi connectivity index (χ3v) is 3.17. The Kier molecular flexibility index (Phi) is 5.46. The molecule has 0 aromatic rings. The molecule has 2 atom stereocenters. The summed E-state index contributed by atoms with van der Waals surface area (Å²) in [4.78, 5) is 11.7. The third-order valence-electron chi connectivity index (χ3n) is 3.17. The number of hydrogen-bond acceptors (Lipinski definition) is 3. The topological polar surface area (TPSA) is 62.1 Å². The number of alkyl carbamates (subject to hydrolysis) is 1. The van der Waals surface area contributed by atoms with Gasteiger partial charge >= 0.3 is 6.09 Å². The predicted molar refractivity (Wildman–Crippen MR) is 70.0 cm³/mol. The zero-order valence-corrected chi connectivity index (χ0v) is 11.7. The van der Waals surface area contributed by atoms with Gasteiger partial charge < -0.3 is 10.1 Å². The minimum absolute atomic E-state index is 0.206. The lowest BCUT2D eigenvalue weighted by Gasteiger charge is -2.30. The van der Waals surface area contributed by atoms with Crippen molar-refractivity contribution < 1.29 is 9.53 Å². The molecule has 0 aromatic carbocycles. The van der Waals surface area contributed by atoms with Gasteiger partial charge in [-0.3, -0.25) is 0 Å². The zero-order valence-electron chi connectivity index (χ0n) is 11.7. The summed E-state index contributed by atoms with van der Waals surface area (Å²) in [5.41, 5.74) is -0.445. The van der Waals surface area contributed by atoms with E-state index in [2.05, 4.69) is 11.4 Å². The number of carbonyl (C=O) groups excluding carboxylic acids is 1. The van der Waals surface area contributed by atoms with Gasteiger partial charge in [0.15, 0.2) is 0 Å². The van der Waals surface area contributed by atoms with E-state index in [1.807, 2.05) is 20.8 Å². The number of amides is 1. The molecule has 18 heavy (non-hydrogen) atoms. The first-order valence-corrected chi connectivity index (χ1v) is 6.77. The van der Waals surface area contributed by atoms with Crippen LogP contribution in [0.2, 0.25) is 0 Å². The molecular weight excluding hydrogens is 228 g/mol. The van der Waals surface area contributed by atoms with E-state index in [0.29, 0.717) is 12.3 Å². The van der Waals surface area contributed by atoms with Gasteiger partial charge in [0.2, 0.25) is 0 Å². The Labute approximate surface area is 110 Å². The summed E-state index contributed by atoms with van der Waals surface area (Å²) in [7, 11) is 0. The molecule has 1 N–H and O–H groups in total. The van der Waals surface area contributed by atoms with Crippen molar-refractivity contribution in [3.8, 4) is 6.07 Å². The Morgan fingerprint density at radius 3 is 2.78 bits per heavy atom. The van der Waals surface area contributed by atoms with Crippen LogP contribution in [0, 0.1) is 17.2 Å². The molecule has 1 fully saturated rings. The zero-order chi connectivity index (χ0) is 13.6. The average Bonchev–Trinajstić information content (AvgIpc) is 2.24. The van der Waals surface area contributed by atoms with Gasteiger partial charge in [0.25, 0.3) is 0 Å². The van der Waals surface area contributed by atoms with Crippen LogP contribution in [0.3, 0.4) is 0 Å². The van der Waals surface area contributed by atoms with Crippen LogP contribution < -0.4 is 5.32 Å². The number of nitrogens with zero attached hydrogens (tertiary/aromatic N) is 1. The molecule has 1 rings (SSSR count). The van der Waals surface area contributed by atoms with Gasteiger partial charge in [0.05, 0.1) is 6.07 Å². The molecule has 0 bridgehead atoms. The van der Waals surface area contributed by atoms with Crippen molar-refractivity contribution in [3.63, 3.8) is 0 Å². The van der Waals surface area contributed by atoms with E-state index in [9.17, 15) is 4.79 Å². The Morgan fingerprint density at radius 1 is 1.44 bits per heavy atom. The quantitative estimate of drug-likeness (QED) is 0.837. The SMILES string of the molecule is CC(C)(C)OC(=O)NC1CCCC(CCC#N)C1. The third kappa shape index (κ3) is 5.90. The van der Waals surface area contributed by atoms with Gasteiger partial charge in [-0.2, -0.15) is 5.26 Å². The fourth-order valence-electron chi connectivity index (χ4n) is 2.43. The fourth-order valence-corrected chi connectivity index (χ4v) is 2.43. The van der Waals surface area contributed by atoms with Gasteiger partial charge in [-0.15, -0.1) is 0 Å². The minimum Gasteiger partial charge on any atom is -0.444 e. The summed E-state index contributed by atoms with van der Waals surface area (Å²) >= 11 is 0. The molecule has 4 heteroatoms. The van der Waals surface area contributed by atoms with Gasteiger partial charge in [0, 0.05) is 12.5 Å². The second kappa shape index (κ2) is 6.63. The summed E-state index contributed by atoms with van der Waals surface area (Å²) in [5.74, 6) is 0.568. The van der Waals surface area contributed by atoms with Crippen molar-refractivity contribution in [2.24, 2.45) is 5.92 Å². The number of hydrogen-bond donors (Lipinski definition) is 1. The summed E-state index contributed by atoms with van der Waals surface area (Å²) in [6.45, 7) is 5.59. The van der Waals surface area contributed by atoms with Crippen LogP contribution in [0.4, 0.5) is 4.79 Å². The van der Waals surface area contributed by atoms with E-state index in [1.165, 1.54) is 6.42 Å². The Morgan fingerprint density at radius 2 is 2.17 bits per heavy atom. The maximum absolute atomic E-state index is 11.7. The molecule has 2 unspecified atom stereocenters. The van der Waals surface area contributed by atoms with Crippen molar-refractivity contribution in [1.29, 1.82) is 5.26 Å². The van der Waals surface area contributed by atoms with E-state index < -0.39 is 5.60 Å². The standard InChI is InChI=1S/C14H24N2O2/c1-14(2,3)18-13(17)16-12-8-4-6-11(10-12)7-5-9-15/h11-12H,4-8,10H2,1-3H3,(H,16,17). The molecule has 0 spiro atoms. The van der Waals surface area contributed by atoms with Crippen molar-refractivity contribution in [2.75, 3.05) is 0 Å². The lowest BCUT2D eigenvalue weighted by atomic mass is 9.83.